The molecule has 2 amide bonds. The number of nitrogens with zero attached hydrogens (tertiary/aromatic N) is 2. The predicted octanol–water partition coefficient (Wildman–Crippen LogP) is 14.2. The van der Waals surface area contributed by atoms with Crippen molar-refractivity contribution in [2.45, 2.75) is 184 Å². The lowest BCUT2D eigenvalue weighted by molar-refractivity contribution is -0.192. The summed E-state index contributed by atoms with van der Waals surface area (Å²) in [5.74, 6) is -6.83. The number of Topliss-reactive ketones (excluding diaryl/α,β-unsaturated/α-hetero) is 1. The number of halogens is 7. The van der Waals surface area contributed by atoms with Gasteiger partial charge in [-0.05, 0) is 149 Å². The smallest absolute Gasteiger partial charge is 0.481 e. The predicted molar refractivity (Wildman–Crippen MR) is 363 cm³/mol. The Kier molecular flexibility index (Phi) is 27.0. The monoisotopic (exact) mass is 1470 g/mol. The maximum atomic E-state index is 14.8. The van der Waals surface area contributed by atoms with E-state index in [1.165, 1.54) is 0 Å². The molecular formula is C65H86Cl4F3N5O13S4. The number of carboxylic acids is 2. The van der Waals surface area contributed by atoms with Gasteiger partial charge in [-0.1, -0.05) is 136 Å². The van der Waals surface area contributed by atoms with E-state index < -0.39 is 103 Å². The summed E-state index contributed by atoms with van der Waals surface area (Å²) in [6, 6.07) is 26.7. The van der Waals surface area contributed by atoms with Crippen LogP contribution in [0.3, 0.4) is 0 Å². The zero-order valence-electron chi connectivity index (χ0n) is 54.1. The van der Waals surface area contributed by atoms with Crippen molar-refractivity contribution in [3.8, 4) is 0 Å². The van der Waals surface area contributed by atoms with Crippen LogP contribution >= 0.6 is 46.4 Å². The van der Waals surface area contributed by atoms with Gasteiger partial charge in [-0.2, -0.15) is 13.2 Å². The van der Waals surface area contributed by atoms with Gasteiger partial charge in [0.25, 0.3) is 0 Å². The Labute approximate surface area is 571 Å². The lowest BCUT2D eigenvalue weighted by Gasteiger charge is -2.53. The molecule has 94 heavy (non-hydrogen) atoms. The Balaban J connectivity index is 0.000000283. The van der Waals surface area contributed by atoms with Crippen LogP contribution in [0.5, 0.6) is 0 Å². The van der Waals surface area contributed by atoms with E-state index in [1.54, 1.807) is 87.7 Å². The largest absolute Gasteiger partial charge is 0.490 e. The van der Waals surface area contributed by atoms with Crippen molar-refractivity contribution in [2.24, 2.45) is 27.8 Å². The SMILES string of the molecule is CC(C)[C@@H](CS(=O)(=O)C(C)C)N1C(=O)[C@@](C)(CC(=O)CS(=N)(=O)C2CC2)C[C@H](c2cccc(Cl)c2)[C@H]1c1ccc(Cl)cc1.CC(C)[C@@H](CS(=O)(=O)C(C)C)N1C(=O)[C@@](C)(CC(=O)O)C[C@H](c2cccc(Cl)c2)[C@H]1c1ccc(Cl)cc1.N=S(N)(=O)C1CC1.O=C(O)C(F)(F)F. The number of nitrogens with two attached hydrogens (primary N) is 1. The number of alkyl halides is 3. The van der Waals surface area contributed by atoms with E-state index in [2.05, 4.69) is 0 Å². The lowest BCUT2D eigenvalue weighted by Crippen LogP contribution is -2.59. The second kappa shape index (κ2) is 31.8. The second-order valence-corrected chi connectivity index (χ2v) is 38.0. The maximum absolute atomic E-state index is 14.8. The molecule has 4 aromatic rings. The molecule has 2 unspecified atom stereocenters. The van der Waals surface area contributed by atoms with Crippen molar-refractivity contribution in [2.75, 3.05) is 17.3 Å². The zero-order valence-corrected chi connectivity index (χ0v) is 60.4. The number of carbonyl (C=O) groups is 5. The van der Waals surface area contributed by atoms with E-state index in [-0.39, 0.29) is 94.7 Å². The third-order valence-electron chi connectivity index (χ3n) is 17.5. The number of carboxylic acid groups (broad SMARTS) is 2. The summed E-state index contributed by atoms with van der Waals surface area (Å²) in [4.78, 5) is 66.7. The first kappa shape index (κ1) is 79.8. The number of rotatable bonds is 22. The lowest BCUT2D eigenvalue weighted by atomic mass is 9.66. The van der Waals surface area contributed by atoms with E-state index >= 15 is 0 Å². The van der Waals surface area contributed by atoms with Crippen molar-refractivity contribution in [1.29, 1.82) is 9.56 Å². The average molecular weight is 1470 g/mol. The van der Waals surface area contributed by atoms with Gasteiger partial charge in [0.1, 0.15) is 15.7 Å². The molecule has 4 fully saturated rings. The van der Waals surface area contributed by atoms with E-state index in [4.69, 9.17) is 71.0 Å². The highest BCUT2D eigenvalue weighted by Crippen LogP contribution is 2.55. The van der Waals surface area contributed by atoms with Crippen LogP contribution in [0.2, 0.25) is 20.1 Å². The third-order valence-corrected chi connectivity index (χ3v) is 26.7. The summed E-state index contributed by atoms with van der Waals surface area (Å²) in [6.07, 6.45) is -1.95. The van der Waals surface area contributed by atoms with E-state index in [9.17, 15) is 62.7 Å². The van der Waals surface area contributed by atoms with Crippen molar-refractivity contribution >= 4 is 115 Å². The Hall–Kier alpha value is -4.86. The molecule has 0 radical (unpaired) electrons. The fraction of sp³-hybridized carbons (Fsp3) is 0.554. The Morgan fingerprint density at radius 3 is 1.18 bits per heavy atom. The topological polar surface area (TPSA) is 308 Å². The summed E-state index contributed by atoms with van der Waals surface area (Å²) in [7, 11) is -12.8. The van der Waals surface area contributed by atoms with Gasteiger partial charge < -0.3 is 20.0 Å². The molecule has 2 aliphatic heterocycles. The number of aliphatic carboxylic acids is 2. The Morgan fingerprint density at radius 1 is 0.574 bits per heavy atom. The molecule has 2 aliphatic carbocycles. The molecule has 4 aromatic carbocycles. The standard InChI is InChI=1S/C32H42Cl2N2O5S2.C28H35Cl2NO5S.C3H8N2OS.C2HF3O2/c1-20(2)29(19-43(40,41)21(3)4)36-30(22-9-11-24(33)12-10-22)28(23-7-6-8-25(34)15-23)17-32(5,31(36)38)16-26(37)18-42(35,39)27-13-14-27;1-17(2)24(16-37(35,36)18(3)4)31-26(19-9-11-21(29)12-10-19)23(20-7-6-8-22(30)13-20)14-28(5,27(31)34)15-25(32)33;4-7(5,6)3-1-2-3;3-2(4,5)1(6)7/h6-12,15,20-21,27-30,35H,13-14,16-19H2,1-5H3;6-13,17-18,23-24,26H,14-16H2,1-5H3,(H,32,33);3H,1-2H2,(H3,4,5,6);(H,6,7)/t28-,29-,30-,32+,42?;23-,24-,26-,28-;;/m11../s1. The molecule has 6 N–H and O–H groups in total. The number of piperidine rings is 2. The molecule has 29 heteroatoms. The quantitative estimate of drug-likeness (QED) is 0.0489. The molecule has 0 aromatic heterocycles. The minimum atomic E-state index is -5.08. The number of hydrogen-bond acceptors (Lipinski definition) is 13. The molecule has 2 saturated carbocycles. The minimum Gasteiger partial charge on any atom is -0.481 e. The van der Waals surface area contributed by atoms with Gasteiger partial charge in [-0.15, -0.1) is 0 Å². The molecule has 8 rings (SSSR count). The number of likely N-dealkylation sites (tertiary alicyclic amines) is 2. The number of nitrogens with one attached hydrogen (secondary N) is 2. The molecule has 0 bridgehead atoms. The first-order chi connectivity index (χ1) is 43.2. The van der Waals surface area contributed by atoms with Crippen LogP contribution < -0.4 is 5.14 Å². The summed E-state index contributed by atoms with van der Waals surface area (Å²) < 4.78 is 123. The molecule has 10 atom stereocenters. The van der Waals surface area contributed by atoms with Crippen LogP contribution in [-0.2, 0) is 63.3 Å². The molecule has 2 heterocycles. The van der Waals surface area contributed by atoms with Gasteiger partial charge in [0.05, 0.1) is 72.1 Å². The van der Waals surface area contributed by atoms with Crippen LogP contribution in [0.1, 0.15) is 167 Å². The van der Waals surface area contributed by atoms with E-state index in [1.807, 2.05) is 88.4 Å². The van der Waals surface area contributed by atoms with E-state index in [0.717, 1.165) is 35.1 Å². The van der Waals surface area contributed by atoms with Crippen molar-refractivity contribution in [3.63, 3.8) is 0 Å². The van der Waals surface area contributed by atoms with Crippen LogP contribution in [0.25, 0.3) is 0 Å². The highest BCUT2D eigenvalue weighted by atomic mass is 35.5. The molecule has 522 valence electrons. The van der Waals surface area contributed by atoms with Crippen molar-refractivity contribution in [3.05, 3.63) is 139 Å². The Bertz CT molecular complexity index is 3840. The van der Waals surface area contributed by atoms with Crippen molar-refractivity contribution < 1.29 is 72.6 Å². The number of amides is 2. The summed E-state index contributed by atoms with van der Waals surface area (Å²) in [5, 5.41) is 22.4. The normalized spacial score (nSPS) is 23.8. The van der Waals surface area contributed by atoms with Crippen LogP contribution in [0.15, 0.2) is 97.1 Å². The second-order valence-electron chi connectivity index (χ2n) is 26.7. The highest BCUT2D eigenvalue weighted by Gasteiger charge is 2.56. The van der Waals surface area contributed by atoms with Crippen molar-refractivity contribution in [1.82, 2.24) is 9.80 Å². The van der Waals surface area contributed by atoms with Gasteiger partial charge >= 0.3 is 18.1 Å². The molecule has 0 spiro atoms. The summed E-state index contributed by atoms with van der Waals surface area (Å²) in [6.45, 7) is 17.5. The number of hydrogen-bond donors (Lipinski definition) is 5. The maximum Gasteiger partial charge on any atom is 0.490 e. The number of carbonyl (C=O) groups excluding carboxylic acids is 3. The van der Waals surface area contributed by atoms with Gasteiger partial charge in [-0.3, -0.25) is 24.0 Å². The first-order valence-corrected chi connectivity index (χ1v) is 39.0. The average Bonchev–Trinajstić information content (AvgIpc) is 1.37. The van der Waals surface area contributed by atoms with E-state index in [0.29, 0.717) is 32.9 Å². The fourth-order valence-corrected chi connectivity index (χ4v) is 17.9. The third kappa shape index (κ3) is 21.3. The first-order valence-electron chi connectivity index (χ1n) is 30.6. The van der Waals surface area contributed by atoms with Crippen LogP contribution in [0, 0.1) is 32.2 Å². The zero-order chi connectivity index (χ0) is 71.2. The molecule has 2 saturated heterocycles. The van der Waals surface area contributed by atoms with Crippen LogP contribution in [-0.4, -0.2) is 131 Å². The molecule has 4 aliphatic rings. The number of ketones is 1. The molecule has 18 nitrogen and oxygen atoms in total. The Morgan fingerprint density at radius 2 is 0.915 bits per heavy atom. The molecular weight excluding hydrogens is 1390 g/mol. The van der Waals surface area contributed by atoms with Gasteiger partial charge in [0.2, 0.25) is 11.8 Å². The van der Waals surface area contributed by atoms with Gasteiger partial charge in [0, 0.05) is 55.7 Å². The van der Waals surface area contributed by atoms with Gasteiger partial charge in [0.15, 0.2) is 19.7 Å². The van der Waals surface area contributed by atoms with Crippen LogP contribution in [0.4, 0.5) is 13.2 Å². The summed E-state index contributed by atoms with van der Waals surface area (Å²) >= 11 is 25.3. The minimum absolute atomic E-state index is 0.0208. The van der Waals surface area contributed by atoms with Gasteiger partial charge in [-0.25, -0.2) is 40.0 Å². The number of sulfone groups is 2. The fourth-order valence-electron chi connectivity index (χ4n) is 11.9. The highest BCUT2D eigenvalue weighted by molar-refractivity contribution is 7.94. The summed E-state index contributed by atoms with van der Waals surface area (Å²) in [5.41, 5.74) is 0.854. The number of benzene rings is 4.